The van der Waals surface area contributed by atoms with Crippen LogP contribution in [0, 0.1) is 0 Å². The van der Waals surface area contributed by atoms with Gasteiger partial charge in [-0.3, -0.25) is 13.7 Å². The molecule has 0 atom stereocenters. The van der Waals surface area contributed by atoms with Gasteiger partial charge >= 0.3 is 22.8 Å². The highest BCUT2D eigenvalue weighted by Crippen LogP contribution is 2.48. The van der Waals surface area contributed by atoms with Gasteiger partial charge in [0.15, 0.2) is 0 Å². The van der Waals surface area contributed by atoms with Gasteiger partial charge in [0.25, 0.3) is 0 Å². The van der Waals surface area contributed by atoms with Crippen molar-refractivity contribution in [3.8, 4) is 0 Å². The second kappa shape index (κ2) is 6.71. The highest BCUT2D eigenvalue weighted by atomic mass is 31.2. The molecule has 0 bridgehead atoms. The first-order valence-electron chi connectivity index (χ1n) is 7.60. The van der Waals surface area contributed by atoms with E-state index in [4.69, 9.17) is 0 Å². The molecular formula is C16H15O9P3. The first-order valence-corrected chi connectivity index (χ1v) is 12.4. The normalized spacial score (nSPS) is 13.2. The Morgan fingerprint density at radius 1 is 0.679 bits per heavy atom. The molecule has 3 rings (SSSR count). The molecule has 0 aliphatic heterocycles. The topological polar surface area (TPSA) is 173 Å². The van der Waals surface area contributed by atoms with Crippen molar-refractivity contribution in [1.82, 2.24) is 0 Å². The molecule has 28 heavy (non-hydrogen) atoms. The van der Waals surface area contributed by atoms with Crippen LogP contribution in [0.1, 0.15) is 5.56 Å². The molecule has 0 heterocycles. The summed E-state index contributed by atoms with van der Waals surface area (Å²) >= 11 is 0. The minimum Gasteiger partial charge on any atom is -0.321 e. The zero-order chi connectivity index (χ0) is 21.1. The van der Waals surface area contributed by atoms with Gasteiger partial charge < -0.3 is 29.4 Å². The number of rotatable bonds is 4. The van der Waals surface area contributed by atoms with E-state index in [1.165, 1.54) is 12.1 Å². The number of hydrogen-bond donors (Lipinski definition) is 6. The van der Waals surface area contributed by atoms with Crippen LogP contribution < -0.4 is 15.9 Å². The van der Waals surface area contributed by atoms with Crippen LogP contribution in [0.3, 0.4) is 0 Å². The second-order valence-corrected chi connectivity index (χ2v) is 10.6. The minimum absolute atomic E-state index is 0.00236. The fourth-order valence-corrected chi connectivity index (χ4v) is 7.47. The summed E-state index contributed by atoms with van der Waals surface area (Å²) in [7, 11) is -16.3. The van der Waals surface area contributed by atoms with E-state index in [9.17, 15) is 43.1 Å². The van der Waals surface area contributed by atoms with Crippen LogP contribution in [0.25, 0.3) is 27.6 Å². The van der Waals surface area contributed by atoms with Gasteiger partial charge in [0.1, 0.15) is 0 Å². The third kappa shape index (κ3) is 3.53. The Labute approximate surface area is 158 Å². The van der Waals surface area contributed by atoms with Crippen LogP contribution in [0.5, 0.6) is 0 Å². The van der Waals surface area contributed by atoms with Gasteiger partial charge in [0.05, 0.1) is 15.9 Å². The third-order valence-electron chi connectivity index (χ3n) is 4.21. The maximum Gasteiger partial charge on any atom is 0.358 e. The lowest BCUT2D eigenvalue weighted by Gasteiger charge is -2.23. The molecule has 148 valence electrons. The highest BCUT2D eigenvalue weighted by Gasteiger charge is 2.42. The van der Waals surface area contributed by atoms with Crippen LogP contribution >= 0.6 is 22.8 Å². The van der Waals surface area contributed by atoms with Crippen molar-refractivity contribution in [1.29, 1.82) is 0 Å². The Morgan fingerprint density at radius 3 is 1.50 bits per heavy atom. The van der Waals surface area contributed by atoms with Crippen LogP contribution in [0.2, 0.25) is 0 Å². The zero-order valence-corrected chi connectivity index (χ0v) is 16.7. The lowest BCUT2D eigenvalue weighted by Crippen LogP contribution is -2.39. The molecule has 0 unspecified atom stereocenters. The van der Waals surface area contributed by atoms with Gasteiger partial charge in [0.2, 0.25) is 0 Å². The van der Waals surface area contributed by atoms with Crippen molar-refractivity contribution in [3.63, 3.8) is 0 Å². The summed E-state index contributed by atoms with van der Waals surface area (Å²) in [6.45, 7) is 3.46. The van der Waals surface area contributed by atoms with E-state index < -0.39 is 38.7 Å². The molecule has 6 N–H and O–H groups in total. The maximum absolute atomic E-state index is 12.2. The van der Waals surface area contributed by atoms with E-state index in [1.54, 1.807) is 24.3 Å². The molecule has 3 aromatic rings. The lowest BCUT2D eigenvalue weighted by atomic mass is 9.99. The molecule has 0 saturated heterocycles. The molecule has 0 aliphatic rings. The van der Waals surface area contributed by atoms with Crippen molar-refractivity contribution < 1.29 is 43.1 Å². The maximum atomic E-state index is 12.2. The molecule has 0 aromatic heterocycles. The molecular weight excluding hydrogens is 429 g/mol. The molecule has 0 radical (unpaired) electrons. The summed E-state index contributed by atoms with van der Waals surface area (Å²) in [4.78, 5) is 58.8. The summed E-state index contributed by atoms with van der Waals surface area (Å²) in [6.07, 6.45) is 0.994. The molecule has 0 fully saturated rings. The third-order valence-corrected chi connectivity index (χ3v) is 7.69. The van der Waals surface area contributed by atoms with Crippen LogP contribution in [-0.4, -0.2) is 29.4 Å². The van der Waals surface area contributed by atoms with E-state index in [-0.39, 0.29) is 16.3 Å². The van der Waals surface area contributed by atoms with E-state index >= 15 is 0 Å². The molecule has 12 heteroatoms. The monoisotopic (exact) mass is 444 g/mol. The van der Waals surface area contributed by atoms with E-state index in [0.717, 1.165) is 6.08 Å². The fraction of sp³-hybridized carbons (Fsp3) is 0. The molecule has 0 saturated carbocycles. The average Bonchev–Trinajstić information content (AvgIpc) is 2.55. The minimum atomic E-state index is -5.52. The average molecular weight is 444 g/mol. The van der Waals surface area contributed by atoms with Crippen LogP contribution in [0.15, 0.2) is 43.0 Å². The first kappa shape index (κ1) is 21.1. The molecule has 0 aliphatic carbocycles. The number of hydrogen-bond acceptors (Lipinski definition) is 3. The predicted octanol–water partition coefficient (Wildman–Crippen LogP) is 1.04. The van der Waals surface area contributed by atoms with Crippen LogP contribution in [0.4, 0.5) is 0 Å². The van der Waals surface area contributed by atoms with Gasteiger partial charge in [-0.25, -0.2) is 0 Å². The van der Waals surface area contributed by atoms with Gasteiger partial charge in [0, 0.05) is 0 Å². The van der Waals surface area contributed by atoms with Gasteiger partial charge in [-0.05, 0) is 39.2 Å². The summed E-state index contributed by atoms with van der Waals surface area (Å²) in [6, 6.07) is 9.40. The van der Waals surface area contributed by atoms with Crippen molar-refractivity contribution in [2.45, 2.75) is 0 Å². The number of fused-ring (bicyclic) bond motifs is 2. The Balaban J connectivity index is 2.82. The Morgan fingerprint density at radius 2 is 1.11 bits per heavy atom. The zero-order valence-electron chi connectivity index (χ0n) is 14.0. The van der Waals surface area contributed by atoms with Gasteiger partial charge in [-0.15, -0.1) is 0 Å². The standard InChI is InChI=1S/C16H15O9P3/c1-2-11-12-7-9-5-3-4-6-10(9)8-13(12)15(27(20,21)22)16(28(23,24)25)14(11)26(17,18)19/h2-8H,1H2,(H2,17,18,19)(H2,20,21,22)(H2,23,24,25). The molecule has 9 nitrogen and oxygen atoms in total. The number of benzene rings is 3. The second-order valence-electron chi connectivity index (χ2n) is 6.04. The summed E-state index contributed by atoms with van der Waals surface area (Å²) in [5, 5.41) is -2.73. The molecule has 0 amide bonds. The van der Waals surface area contributed by atoms with Crippen molar-refractivity contribution in [2.24, 2.45) is 0 Å². The van der Waals surface area contributed by atoms with Gasteiger partial charge in [-0.2, -0.15) is 0 Å². The van der Waals surface area contributed by atoms with E-state index in [2.05, 4.69) is 6.58 Å². The molecule has 0 spiro atoms. The lowest BCUT2D eigenvalue weighted by molar-refractivity contribution is 0.379. The first-order chi connectivity index (χ1) is 12.8. The SMILES string of the molecule is C=Cc1c(P(=O)(O)O)c(P(=O)(O)O)c(P(=O)(O)O)c2cc3ccccc3cc12. The Kier molecular flexibility index (Phi) is 5.06. The van der Waals surface area contributed by atoms with Crippen molar-refractivity contribution in [2.75, 3.05) is 0 Å². The van der Waals surface area contributed by atoms with Crippen LogP contribution in [-0.2, 0) is 13.7 Å². The summed E-state index contributed by atoms with van der Waals surface area (Å²) in [5.41, 5.74) is -0.301. The smallest absolute Gasteiger partial charge is 0.321 e. The van der Waals surface area contributed by atoms with E-state index in [0.29, 0.717) is 10.8 Å². The predicted molar refractivity (Wildman–Crippen MR) is 107 cm³/mol. The Bertz CT molecular complexity index is 1280. The van der Waals surface area contributed by atoms with E-state index in [1.807, 2.05) is 0 Å². The van der Waals surface area contributed by atoms with Crippen molar-refractivity contribution >= 4 is 66.3 Å². The summed E-state index contributed by atoms with van der Waals surface area (Å²) < 4.78 is 36.4. The Hall–Kier alpha value is -1.63. The van der Waals surface area contributed by atoms with Crippen molar-refractivity contribution in [3.05, 3.63) is 48.5 Å². The fourth-order valence-electron chi connectivity index (χ4n) is 3.23. The highest BCUT2D eigenvalue weighted by molar-refractivity contribution is 7.71. The quantitative estimate of drug-likeness (QED) is 0.254. The summed E-state index contributed by atoms with van der Waals surface area (Å²) in [5.74, 6) is 0. The largest absolute Gasteiger partial charge is 0.358 e. The molecule has 3 aromatic carbocycles. The van der Waals surface area contributed by atoms with Gasteiger partial charge in [-0.1, -0.05) is 36.9 Å².